The monoisotopic (exact) mass is 294 g/mol. The number of carbonyl (C=O) groups excluding carboxylic acids is 1. The first-order chi connectivity index (χ1) is 9.76. The largest absolute Gasteiger partial charge is 0.380 e. The Balaban J connectivity index is 1.66. The van der Waals surface area contributed by atoms with E-state index in [0.717, 1.165) is 11.3 Å². The Morgan fingerprint density at radius 2 is 2.50 bits per heavy atom. The number of carbonyl (C=O) groups is 1. The first-order valence-electron chi connectivity index (χ1n) is 6.24. The van der Waals surface area contributed by atoms with Crippen molar-refractivity contribution < 1.29 is 9.53 Å². The van der Waals surface area contributed by atoms with Crippen LogP contribution in [-0.4, -0.2) is 61.7 Å². The average Bonchev–Trinajstić information content (AvgIpc) is 3.20. The quantitative estimate of drug-likeness (QED) is 0.791. The summed E-state index contributed by atoms with van der Waals surface area (Å²) in [6.45, 7) is 1.84. The van der Waals surface area contributed by atoms with E-state index in [0.29, 0.717) is 25.3 Å². The fourth-order valence-electron chi connectivity index (χ4n) is 2.16. The third kappa shape index (κ3) is 2.68. The minimum atomic E-state index is -0.0989. The number of aromatic nitrogens is 5. The Morgan fingerprint density at radius 1 is 1.60 bits per heavy atom. The number of hydrogen-bond acceptors (Lipinski definition) is 7. The zero-order valence-electron chi connectivity index (χ0n) is 11.0. The number of nitrogens with zero attached hydrogens (tertiary/aromatic N) is 6. The molecular weight excluding hydrogens is 280 g/mol. The first kappa shape index (κ1) is 13.1. The molecule has 1 saturated heterocycles. The van der Waals surface area contributed by atoms with Gasteiger partial charge in [0.15, 0.2) is 5.69 Å². The highest BCUT2D eigenvalue weighted by atomic mass is 32.1. The van der Waals surface area contributed by atoms with Crippen molar-refractivity contribution in [3.63, 3.8) is 0 Å². The van der Waals surface area contributed by atoms with Gasteiger partial charge in [-0.2, -0.15) is 0 Å². The van der Waals surface area contributed by atoms with Crippen molar-refractivity contribution >= 4 is 17.4 Å². The highest BCUT2D eigenvalue weighted by molar-refractivity contribution is 7.05. The van der Waals surface area contributed by atoms with Crippen LogP contribution in [0.25, 0.3) is 0 Å². The molecule has 0 aliphatic carbocycles. The number of ether oxygens (including phenoxy) is 1. The lowest BCUT2D eigenvalue weighted by molar-refractivity contribution is 0.0719. The van der Waals surface area contributed by atoms with Gasteiger partial charge in [0, 0.05) is 20.2 Å². The molecular formula is C11H14N6O2S. The van der Waals surface area contributed by atoms with Gasteiger partial charge in [-0.1, -0.05) is 9.70 Å². The van der Waals surface area contributed by atoms with Crippen molar-refractivity contribution in [3.8, 4) is 0 Å². The van der Waals surface area contributed by atoms with Crippen molar-refractivity contribution in [2.75, 3.05) is 20.2 Å². The molecule has 9 heteroatoms. The number of amides is 1. The van der Waals surface area contributed by atoms with E-state index in [4.69, 9.17) is 4.74 Å². The Hall–Kier alpha value is -1.87. The number of rotatable bonds is 4. The first-order valence-corrected chi connectivity index (χ1v) is 7.02. The Morgan fingerprint density at radius 3 is 3.20 bits per heavy atom. The van der Waals surface area contributed by atoms with E-state index >= 15 is 0 Å². The van der Waals surface area contributed by atoms with Crippen LogP contribution in [-0.2, 0) is 11.3 Å². The molecule has 0 radical (unpaired) electrons. The van der Waals surface area contributed by atoms with Crippen LogP contribution in [0.1, 0.15) is 21.8 Å². The number of likely N-dealkylation sites (tertiary alicyclic amines) is 1. The third-order valence-electron chi connectivity index (χ3n) is 3.25. The molecule has 106 valence electrons. The maximum Gasteiger partial charge on any atom is 0.276 e. The SMILES string of the molecule is COC1CCN(C(=O)c2cn(Cc3cnns3)nn2)C1. The maximum atomic E-state index is 12.3. The van der Waals surface area contributed by atoms with Gasteiger partial charge in [0.25, 0.3) is 5.91 Å². The Bertz CT molecular complexity index is 584. The molecule has 3 heterocycles. The fraction of sp³-hybridized carbons (Fsp3) is 0.545. The van der Waals surface area contributed by atoms with Crippen molar-refractivity contribution in [1.82, 2.24) is 29.5 Å². The normalized spacial score (nSPS) is 18.6. The van der Waals surface area contributed by atoms with E-state index in [1.165, 1.54) is 11.5 Å². The smallest absolute Gasteiger partial charge is 0.276 e. The van der Waals surface area contributed by atoms with Crippen molar-refractivity contribution in [1.29, 1.82) is 0 Å². The van der Waals surface area contributed by atoms with Crippen LogP contribution in [0.15, 0.2) is 12.4 Å². The van der Waals surface area contributed by atoms with Crippen LogP contribution < -0.4 is 0 Å². The second-order valence-corrected chi connectivity index (χ2v) is 5.45. The van der Waals surface area contributed by atoms with Crippen LogP contribution in [0, 0.1) is 0 Å². The van der Waals surface area contributed by atoms with E-state index in [2.05, 4.69) is 19.9 Å². The number of hydrogen-bond donors (Lipinski definition) is 0. The molecule has 0 aromatic carbocycles. The summed E-state index contributed by atoms with van der Waals surface area (Å²) in [5.41, 5.74) is 0.360. The molecule has 1 atom stereocenters. The zero-order valence-corrected chi connectivity index (χ0v) is 11.8. The summed E-state index contributed by atoms with van der Waals surface area (Å²) >= 11 is 1.30. The molecule has 3 rings (SSSR count). The van der Waals surface area contributed by atoms with Gasteiger partial charge in [-0.05, 0) is 18.0 Å². The van der Waals surface area contributed by atoms with Gasteiger partial charge in [0.05, 0.1) is 29.9 Å². The summed E-state index contributed by atoms with van der Waals surface area (Å²) in [5.74, 6) is -0.0989. The number of methoxy groups -OCH3 is 1. The molecule has 0 N–H and O–H groups in total. The minimum absolute atomic E-state index is 0.0989. The molecule has 1 amide bonds. The molecule has 0 bridgehead atoms. The van der Waals surface area contributed by atoms with Crippen molar-refractivity contribution in [3.05, 3.63) is 23.0 Å². The summed E-state index contributed by atoms with van der Waals surface area (Å²) in [5, 5.41) is 11.7. The third-order valence-corrected chi connectivity index (χ3v) is 3.89. The highest BCUT2D eigenvalue weighted by Crippen LogP contribution is 2.14. The van der Waals surface area contributed by atoms with Gasteiger partial charge in [-0.3, -0.25) is 4.79 Å². The van der Waals surface area contributed by atoms with Gasteiger partial charge in [0.1, 0.15) is 0 Å². The van der Waals surface area contributed by atoms with Crippen LogP contribution in [0.4, 0.5) is 0 Å². The van der Waals surface area contributed by atoms with E-state index in [9.17, 15) is 4.79 Å². The van der Waals surface area contributed by atoms with E-state index in [1.807, 2.05) is 0 Å². The fourth-order valence-corrected chi connectivity index (χ4v) is 2.64. The molecule has 1 unspecified atom stereocenters. The standard InChI is InChI=1S/C11H14N6O2S/c1-19-8-2-3-16(5-8)11(18)10-7-17(14-13-10)6-9-4-12-15-20-9/h4,7-8H,2-3,5-6H2,1H3. The maximum absolute atomic E-state index is 12.3. The summed E-state index contributed by atoms with van der Waals surface area (Å²) in [6.07, 6.45) is 4.32. The molecule has 1 fully saturated rings. The summed E-state index contributed by atoms with van der Waals surface area (Å²) < 4.78 is 10.7. The summed E-state index contributed by atoms with van der Waals surface area (Å²) in [7, 11) is 1.66. The predicted octanol–water partition coefficient (Wildman–Crippen LogP) is 0.0388. The van der Waals surface area contributed by atoms with Crippen LogP contribution >= 0.6 is 11.5 Å². The lowest BCUT2D eigenvalue weighted by Gasteiger charge is -2.13. The zero-order chi connectivity index (χ0) is 13.9. The van der Waals surface area contributed by atoms with Crippen LogP contribution in [0.2, 0.25) is 0 Å². The molecule has 0 saturated carbocycles. The lowest BCUT2D eigenvalue weighted by Crippen LogP contribution is -2.30. The van der Waals surface area contributed by atoms with E-state index < -0.39 is 0 Å². The molecule has 8 nitrogen and oxygen atoms in total. The van der Waals surface area contributed by atoms with Gasteiger partial charge < -0.3 is 9.64 Å². The van der Waals surface area contributed by atoms with Crippen LogP contribution in [0.5, 0.6) is 0 Å². The topological polar surface area (TPSA) is 86.0 Å². The second kappa shape index (κ2) is 5.63. The predicted molar refractivity (Wildman–Crippen MR) is 70.4 cm³/mol. The molecule has 20 heavy (non-hydrogen) atoms. The Kier molecular flexibility index (Phi) is 3.70. The summed E-state index contributed by atoms with van der Waals surface area (Å²) in [4.78, 5) is 15.0. The van der Waals surface area contributed by atoms with Gasteiger partial charge in [-0.25, -0.2) is 4.68 Å². The molecule has 1 aliphatic heterocycles. The molecule has 2 aromatic heterocycles. The minimum Gasteiger partial charge on any atom is -0.380 e. The Labute approximate surface area is 119 Å². The van der Waals surface area contributed by atoms with E-state index in [-0.39, 0.29) is 12.0 Å². The van der Waals surface area contributed by atoms with Gasteiger partial charge in [0.2, 0.25) is 0 Å². The van der Waals surface area contributed by atoms with Gasteiger partial charge in [-0.15, -0.1) is 10.2 Å². The summed E-state index contributed by atoms with van der Waals surface area (Å²) in [6, 6.07) is 0. The van der Waals surface area contributed by atoms with Crippen molar-refractivity contribution in [2.24, 2.45) is 0 Å². The van der Waals surface area contributed by atoms with Gasteiger partial charge >= 0.3 is 0 Å². The van der Waals surface area contributed by atoms with E-state index in [1.54, 1.807) is 29.1 Å². The average molecular weight is 294 g/mol. The highest BCUT2D eigenvalue weighted by Gasteiger charge is 2.28. The van der Waals surface area contributed by atoms with Crippen LogP contribution in [0.3, 0.4) is 0 Å². The second-order valence-electron chi connectivity index (χ2n) is 4.58. The molecule has 2 aromatic rings. The lowest BCUT2D eigenvalue weighted by atomic mass is 10.3. The van der Waals surface area contributed by atoms with Crippen molar-refractivity contribution in [2.45, 2.75) is 19.1 Å². The molecule has 1 aliphatic rings. The molecule has 0 spiro atoms.